The van der Waals surface area contributed by atoms with Crippen LogP contribution in [0.5, 0.6) is 0 Å². The van der Waals surface area contributed by atoms with Crippen LogP contribution in [0, 0.1) is 0 Å². The molecule has 0 spiro atoms. The molecule has 1 saturated heterocycles. The third-order valence-corrected chi connectivity index (χ3v) is 5.18. The number of rotatable bonds is 5. The number of carbonyl (C=O) groups is 3. The van der Waals surface area contributed by atoms with Gasteiger partial charge in [-0.25, -0.2) is 4.79 Å². The first-order valence-electron chi connectivity index (χ1n) is 10.1. The summed E-state index contributed by atoms with van der Waals surface area (Å²) in [6.45, 7) is 5.55. The van der Waals surface area contributed by atoms with Crippen molar-refractivity contribution in [3.8, 4) is 0 Å². The fourth-order valence-electron chi connectivity index (χ4n) is 3.27. The fourth-order valence-corrected chi connectivity index (χ4v) is 3.46. The van der Waals surface area contributed by atoms with Crippen molar-refractivity contribution < 1.29 is 14.4 Å². The predicted octanol–water partition coefficient (Wildman–Crippen LogP) is 3.16. The van der Waals surface area contributed by atoms with Gasteiger partial charge in [0.25, 0.3) is 0 Å². The Morgan fingerprint density at radius 2 is 1.55 bits per heavy atom. The summed E-state index contributed by atoms with van der Waals surface area (Å²) in [5, 5.41) is 8.85. The normalized spacial score (nSPS) is 14.5. The average molecular weight is 444 g/mol. The minimum absolute atomic E-state index is 0.165. The molecule has 2 aromatic rings. The van der Waals surface area contributed by atoms with Gasteiger partial charge in [0.15, 0.2) is 0 Å². The van der Waals surface area contributed by atoms with Gasteiger partial charge in [0.05, 0.1) is 0 Å². The van der Waals surface area contributed by atoms with E-state index in [-0.39, 0.29) is 17.8 Å². The van der Waals surface area contributed by atoms with Gasteiger partial charge in [0.2, 0.25) is 11.8 Å². The SMILES string of the molecule is CC(=O)Nc1ccc(NC(=O)C(C)NC(=O)N2CCN(c3cccc(Cl)c3)CC2)cc1. The predicted molar refractivity (Wildman–Crippen MR) is 123 cm³/mol. The van der Waals surface area contributed by atoms with Gasteiger partial charge in [-0.15, -0.1) is 0 Å². The Bertz CT molecular complexity index is 942. The molecule has 0 aliphatic carbocycles. The molecular weight excluding hydrogens is 418 g/mol. The zero-order chi connectivity index (χ0) is 22.4. The molecule has 8 nitrogen and oxygen atoms in total. The van der Waals surface area contributed by atoms with Gasteiger partial charge < -0.3 is 25.8 Å². The molecule has 1 fully saturated rings. The van der Waals surface area contributed by atoms with Gasteiger partial charge in [-0.05, 0) is 49.4 Å². The standard InChI is InChI=1S/C22H26ClN5O3/c1-15(21(30)26-19-8-6-18(7-9-19)25-16(2)29)24-22(31)28-12-10-27(11-13-28)20-5-3-4-17(23)14-20/h3-9,14-15H,10-13H2,1-2H3,(H,24,31)(H,25,29)(H,26,30). The Labute approximate surface area is 186 Å². The van der Waals surface area contributed by atoms with E-state index in [0.29, 0.717) is 42.6 Å². The molecule has 0 aromatic heterocycles. The van der Waals surface area contributed by atoms with Crippen LogP contribution in [0.15, 0.2) is 48.5 Å². The van der Waals surface area contributed by atoms with Crippen LogP contribution in [0.4, 0.5) is 21.9 Å². The topological polar surface area (TPSA) is 93.8 Å². The average Bonchev–Trinajstić information content (AvgIpc) is 2.74. The molecule has 1 atom stereocenters. The summed E-state index contributed by atoms with van der Waals surface area (Å²) in [5.74, 6) is -0.486. The molecule has 1 aliphatic heterocycles. The van der Waals surface area contributed by atoms with Gasteiger partial charge in [0, 0.05) is 55.2 Å². The Kier molecular flexibility index (Phi) is 7.36. The largest absolute Gasteiger partial charge is 0.368 e. The van der Waals surface area contributed by atoms with Crippen LogP contribution in [-0.4, -0.2) is 55.0 Å². The molecule has 0 bridgehead atoms. The molecule has 0 saturated carbocycles. The van der Waals surface area contributed by atoms with Crippen molar-refractivity contribution in [1.29, 1.82) is 0 Å². The van der Waals surface area contributed by atoms with E-state index >= 15 is 0 Å². The highest BCUT2D eigenvalue weighted by atomic mass is 35.5. The lowest BCUT2D eigenvalue weighted by molar-refractivity contribution is -0.117. The number of carbonyl (C=O) groups excluding carboxylic acids is 3. The molecule has 0 radical (unpaired) electrons. The van der Waals surface area contributed by atoms with Crippen molar-refractivity contribution in [2.45, 2.75) is 19.9 Å². The zero-order valence-corrected chi connectivity index (χ0v) is 18.3. The smallest absolute Gasteiger partial charge is 0.318 e. The van der Waals surface area contributed by atoms with Crippen molar-refractivity contribution in [3.63, 3.8) is 0 Å². The summed E-state index contributed by atoms with van der Waals surface area (Å²) >= 11 is 6.06. The lowest BCUT2D eigenvalue weighted by Crippen LogP contribution is -2.54. The van der Waals surface area contributed by atoms with E-state index in [4.69, 9.17) is 11.6 Å². The summed E-state index contributed by atoms with van der Waals surface area (Å²) < 4.78 is 0. The molecule has 31 heavy (non-hydrogen) atoms. The molecule has 1 heterocycles. The minimum Gasteiger partial charge on any atom is -0.368 e. The molecule has 2 aromatic carbocycles. The second-order valence-corrected chi connectivity index (χ2v) is 7.81. The van der Waals surface area contributed by atoms with Crippen molar-refractivity contribution >= 4 is 46.5 Å². The fraction of sp³-hybridized carbons (Fsp3) is 0.318. The lowest BCUT2D eigenvalue weighted by atomic mass is 10.2. The number of nitrogens with one attached hydrogen (secondary N) is 3. The van der Waals surface area contributed by atoms with Gasteiger partial charge in [0.1, 0.15) is 6.04 Å². The number of halogens is 1. The summed E-state index contributed by atoms with van der Waals surface area (Å²) in [7, 11) is 0. The maximum atomic E-state index is 12.6. The zero-order valence-electron chi connectivity index (χ0n) is 17.5. The highest BCUT2D eigenvalue weighted by Crippen LogP contribution is 2.21. The van der Waals surface area contributed by atoms with E-state index in [1.807, 2.05) is 24.3 Å². The van der Waals surface area contributed by atoms with Crippen molar-refractivity contribution in [2.24, 2.45) is 0 Å². The summed E-state index contributed by atoms with van der Waals surface area (Å²) in [4.78, 5) is 39.9. The summed E-state index contributed by atoms with van der Waals surface area (Å²) in [6.07, 6.45) is 0. The van der Waals surface area contributed by atoms with E-state index < -0.39 is 6.04 Å². The first-order chi connectivity index (χ1) is 14.8. The molecule has 164 valence electrons. The van der Waals surface area contributed by atoms with E-state index in [9.17, 15) is 14.4 Å². The first kappa shape index (κ1) is 22.4. The molecule has 3 N–H and O–H groups in total. The van der Waals surface area contributed by atoms with E-state index in [1.54, 1.807) is 36.1 Å². The third-order valence-electron chi connectivity index (χ3n) is 4.95. The second-order valence-electron chi connectivity index (χ2n) is 7.37. The van der Waals surface area contributed by atoms with Crippen molar-refractivity contribution in [2.75, 3.05) is 41.7 Å². The number of hydrogen-bond acceptors (Lipinski definition) is 4. The number of benzene rings is 2. The summed E-state index contributed by atoms with van der Waals surface area (Å²) in [6, 6.07) is 13.4. The van der Waals surface area contributed by atoms with Crippen LogP contribution in [0.3, 0.4) is 0 Å². The molecule has 1 unspecified atom stereocenters. The Hall–Kier alpha value is -3.26. The van der Waals surface area contributed by atoms with E-state index in [2.05, 4.69) is 20.9 Å². The Morgan fingerprint density at radius 1 is 0.935 bits per heavy atom. The number of nitrogens with zero attached hydrogens (tertiary/aromatic N) is 2. The van der Waals surface area contributed by atoms with Crippen LogP contribution in [-0.2, 0) is 9.59 Å². The molecule has 3 rings (SSSR count). The van der Waals surface area contributed by atoms with Crippen LogP contribution in [0.2, 0.25) is 5.02 Å². The van der Waals surface area contributed by atoms with Gasteiger partial charge >= 0.3 is 6.03 Å². The number of amides is 4. The number of piperazine rings is 1. The molecule has 1 aliphatic rings. The van der Waals surface area contributed by atoms with Gasteiger partial charge in [-0.2, -0.15) is 0 Å². The molecule has 9 heteroatoms. The highest BCUT2D eigenvalue weighted by Gasteiger charge is 2.24. The minimum atomic E-state index is -0.700. The molecular formula is C22H26ClN5O3. The number of anilines is 3. The number of urea groups is 1. The van der Waals surface area contributed by atoms with Crippen LogP contribution < -0.4 is 20.9 Å². The monoisotopic (exact) mass is 443 g/mol. The Morgan fingerprint density at radius 3 is 2.13 bits per heavy atom. The maximum Gasteiger partial charge on any atom is 0.318 e. The van der Waals surface area contributed by atoms with E-state index in [1.165, 1.54) is 6.92 Å². The highest BCUT2D eigenvalue weighted by molar-refractivity contribution is 6.30. The van der Waals surface area contributed by atoms with Crippen molar-refractivity contribution in [1.82, 2.24) is 10.2 Å². The van der Waals surface area contributed by atoms with Crippen LogP contribution in [0.25, 0.3) is 0 Å². The number of hydrogen-bond donors (Lipinski definition) is 3. The summed E-state index contributed by atoms with van der Waals surface area (Å²) in [5.41, 5.74) is 2.25. The first-order valence-corrected chi connectivity index (χ1v) is 10.4. The van der Waals surface area contributed by atoms with Crippen molar-refractivity contribution in [3.05, 3.63) is 53.6 Å². The van der Waals surface area contributed by atoms with E-state index in [0.717, 1.165) is 5.69 Å². The maximum absolute atomic E-state index is 12.6. The molecule has 4 amide bonds. The van der Waals surface area contributed by atoms with Crippen LogP contribution >= 0.6 is 11.6 Å². The van der Waals surface area contributed by atoms with Gasteiger partial charge in [-0.3, -0.25) is 9.59 Å². The Balaban J connectivity index is 1.46. The van der Waals surface area contributed by atoms with Crippen LogP contribution in [0.1, 0.15) is 13.8 Å². The quantitative estimate of drug-likeness (QED) is 0.661. The lowest BCUT2D eigenvalue weighted by Gasteiger charge is -2.36. The third kappa shape index (κ3) is 6.36. The van der Waals surface area contributed by atoms with Gasteiger partial charge in [-0.1, -0.05) is 17.7 Å². The second kappa shape index (κ2) is 10.2.